The fourth-order valence-corrected chi connectivity index (χ4v) is 1.54. The zero-order valence-electron chi connectivity index (χ0n) is 9.06. The van der Waals surface area contributed by atoms with Crippen LogP contribution in [0.3, 0.4) is 0 Å². The molecule has 2 nitrogen and oxygen atoms in total. The highest BCUT2D eigenvalue weighted by Gasteiger charge is 2.34. The molecule has 5 heteroatoms. The van der Waals surface area contributed by atoms with Crippen LogP contribution in [0.5, 0.6) is 0 Å². The van der Waals surface area contributed by atoms with Gasteiger partial charge in [0.1, 0.15) is 0 Å². The first-order chi connectivity index (χ1) is 7.40. The second-order valence-corrected chi connectivity index (χ2v) is 3.54. The molecule has 0 saturated heterocycles. The van der Waals surface area contributed by atoms with Crippen molar-refractivity contribution in [1.82, 2.24) is 4.98 Å². The van der Waals surface area contributed by atoms with Crippen LogP contribution < -0.4 is 0 Å². The van der Waals surface area contributed by atoms with Gasteiger partial charge in [-0.3, -0.25) is 9.78 Å². The van der Waals surface area contributed by atoms with Crippen molar-refractivity contribution in [2.45, 2.75) is 32.9 Å². The van der Waals surface area contributed by atoms with Crippen LogP contribution in [-0.2, 0) is 12.6 Å². The fourth-order valence-electron chi connectivity index (χ4n) is 1.54. The molecule has 0 amide bonds. The lowest BCUT2D eigenvalue weighted by Crippen LogP contribution is -2.13. The zero-order chi connectivity index (χ0) is 12.3. The Kier molecular flexibility index (Phi) is 3.67. The molecule has 0 unspecified atom stereocenters. The van der Waals surface area contributed by atoms with Crippen molar-refractivity contribution in [2.75, 3.05) is 0 Å². The van der Waals surface area contributed by atoms with Crippen LogP contribution in [0.25, 0.3) is 0 Å². The van der Waals surface area contributed by atoms with Gasteiger partial charge in [0.15, 0.2) is 6.29 Å². The maximum atomic E-state index is 12.6. The van der Waals surface area contributed by atoms with Gasteiger partial charge in [-0.25, -0.2) is 0 Å². The van der Waals surface area contributed by atoms with E-state index in [2.05, 4.69) is 4.98 Å². The van der Waals surface area contributed by atoms with Gasteiger partial charge in [0.2, 0.25) is 0 Å². The molecule has 1 aromatic rings. The van der Waals surface area contributed by atoms with E-state index in [-0.39, 0.29) is 23.2 Å². The molecule has 0 spiro atoms. The molecule has 1 rings (SSSR count). The third-order valence-corrected chi connectivity index (χ3v) is 2.18. The summed E-state index contributed by atoms with van der Waals surface area (Å²) in [6, 6.07) is 0.906. The molecule has 16 heavy (non-hydrogen) atoms. The number of pyridine rings is 1. The summed E-state index contributed by atoms with van der Waals surface area (Å²) < 4.78 is 37.9. The number of aldehydes is 1. The highest BCUT2D eigenvalue weighted by atomic mass is 19.4. The molecule has 1 aromatic heterocycles. The van der Waals surface area contributed by atoms with E-state index in [1.54, 1.807) is 0 Å². The van der Waals surface area contributed by atoms with Crippen molar-refractivity contribution in [2.24, 2.45) is 0 Å². The van der Waals surface area contributed by atoms with Crippen molar-refractivity contribution < 1.29 is 18.0 Å². The molecule has 0 aliphatic carbocycles. The number of carbonyl (C=O) groups excluding carboxylic acids is 1. The third kappa shape index (κ3) is 2.59. The summed E-state index contributed by atoms with van der Waals surface area (Å²) in [5, 5.41) is 0. The van der Waals surface area contributed by atoms with E-state index in [4.69, 9.17) is 0 Å². The Labute approximate surface area is 91.5 Å². The Morgan fingerprint density at radius 3 is 2.50 bits per heavy atom. The second kappa shape index (κ2) is 4.63. The van der Waals surface area contributed by atoms with E-state index in [1.165, 1.54) is 6.92 Å². The number of nitrogens with zero attached hydrogens (tertiary/aromatic N) is 1. The molecular weight excluding hydrogens is 219 g/mol. The van der Waals surface area contributed by atoms with Crippen LogP contribution in [0.1, 0.15) is 40.7 Å². The molecule has 0 bridgehead atoms. The average molecular weight is 231 g/mol. The van der Waals surface area contributed by atoms with Crippen molar-refractivity contribution in [3.8, 4) is 0 Å². The number of aromatic nitrogens is 1. The summed E-state index contributed by atoms with van der Waals surface area (Å²) in [6.45, 7) is 3.31. The van der Waals surface area contributed by atoms with E-state index in [0.717, 1.165) is 6.07 Å². The van der Waals surface area contributed by atoms with Crippen molar-refractivity contribution in [3.05, 3.63) is 28.6 Å². The molecule has 88 valence electrons. The fraction of sp³-hybridized carbons (Fsp3) is 0.455. The topological polar surface area (TPSA) is 30.0 Å². The minimum absolute atomic E-state index is 0.227. The van der Waals surface area contributed by atoms with Crippen LogP contribution in [0.4, 0.5) is 13.2 Å². The quantitative estimate of drug-likeness (QED) is 0.748. The molecule has 1 heterocycles. The third-order valence-electron chi connectivity index (χ3n) is 2.18. The van der Waals surface area contributed by atoms with Crippen LogP contribution in [0, 0.1) is 6.92 Å². The maximum Gasteiger partial charge on any atom is 0.417 e. The Morgan fingerprint density at radius 1 is 1.44 bits per heavy atom. The second-order valence-electron chi connectivity index (χ2n) is 3.54. The summed E-state index contributed by atoms with van der Waals surface area (Å²) in [6.07, 6.45) is -3.25. The predicted molar refractivity (Wildman–Crippen MR) is 53.4 cm³/mol. The van der Waals surface area contributed by atoms with E-state index in [0.29, 0.717) is 12.8 Å². The first-order valence-corrected chi connectivity index (χ1v) is 4.93. The highest BCUT2D eigenvalue weighted by molar-refractivity contribution is 5.79. The lowest BCUT2D eigenvalue weighted by atomic mass is 10.0. The zero-order valence-corrected chi connectivity index (χ0v) is 9.06. The largest absolute Gasteiger partial charge is 0.417 e. The van der Waals surface area contributed by atoms with Gasteiger partial charge in [0.25, 0.3) is 0 Å². The molecule has 0 saturated carbocycles. The molecular formula is C11H12F3NO. The lowest BCUT2D eigenvalue weighted by molar-refractivity contribution is -0.138. The van der Waals surface area contributed by atoms with Gasteiger partial charge in [-0.1, -0.05) is 13.3 Å². The summed E-state index contributed by atoms with van der Waals surface area (Å²) in [4.78, 5) is 14.7. The highest BCUT2D eigenvalue weighted by Crippen LogP contribution is 2.33. The van der Waals surface area contributed by atoms with Crippen LogP contribution in [0.2, 0.25) is 0 Å². The maximum absolute atomic E-state index is 12.6. The molecule has 0 atom stereocenters. The minimum atomic E-state index is -4.51. The summed E-state index contributed by atoms with van der Waals surface area (Å²) in [5.41, 5.74) is -0.718. The Bertz CT molecular complexity index is 399. The predicted octanol–water partition coefficient (Wildman–Crippen LogP) is 3.17. The molecule has 0 aliphatic heterocycles. The minimum Gasteiger partial charge on any atom is -0.298 e. The smallest absolute Gasteiger partial charge is 0.298 e. The van der Waals surface area contributed by atoms with Gasteiger partial charge in [-0.2, -0.15) is 13.2 Å². The summed E-state index contributed by atoms with van der Waals surface area (Å²) in [7, 11) is 0. The Balaban J connectivity index is 3.42. The molecule has 0 N–H and O–H groups in total. The van der Waals surface area contributed by atoms with Gasteiger partial charge >= 0.3 is 6.18 Å². The van der Waals surface area contributed by atoms with Gasteiger partial charge < -0.3 is 0 Å². The number of aryl methyl sites for hydroxylation is 2. The summed E-state index contributed by atoms with van der Waals surface area (Å²) in [5.74, 6) is 0. The van der Waals surface area contributed by atoms with E-state index in [1.807, 2.05) is 6.92 Å². The number of rotatable bonds is 3. The van der Waals surface area contributed by atoms with Crippen LogP contribution in [0.15, 0.2) is 6.07 Å². The molecule has 0 fully saturated rings. The molecule has 0 aliphatic rings. The van der Waals surface area contributed by atoms with Crippen molar-refractivity contribution in [3.63, 3.8) is 0 Å². The van der Waals surface area contributed by atoms with Gasteiger partial charge in [0, 0.05) is 11.3 Å². The van der Waals surface area contributed by atoms with Crippen LogP contribution >= 0.6 is 0 Å². The van der Waals surface area contributed by atoms with Crippen LogP contribution in [-0.4, -0.2) is 11.3 Å². The standard InChI is InChI=1S/C11H12F3NO/c1-3-4-10-8(6-16)9(11(12,13)14)5-7(2)15-10/h5-6H,3-4H2,1-2H3. The molecule has 0 radical (unpaired) electrons. The van der Waals surface area contributed by atoms with E-state index < -0.39 is 11.7 Å². The van der Waals surface area contributed by atoms with Crippen molar-refractivity contribution in [1.29, 1.82) is 0 Å². The monoisotopic (exact) mass is 231 g/mol. The van der Waals surface area contributed by atoms with E-state index >= 15 is 0 Å². The Hall–Kier alpha value is -1.39. The number of hydrogen-bond acceptors (Lipinski definition) is 2. The van der Waals surface area contributed by atoms with Gasteiger partial charge in [-0.15, -0.1) is 0 Å². The van der Waals surface area contributed by atoms with Gasteiger partial charge in [-0.05, 0) is 19.4 Å². The summed E-state index contributed by atoms with van der Waals surface area (Å²) >= 11 is 0. The number of alkyl halides is 3. The number of hydrogen-bond donors (Lipinski definition) is 0. The van der Waals surface area contributed by atoms with E-state index in [9.17, 15) is 18.0 Å². The molecule has 0 aromatic carbocycles. The average Bonchev–Trinajstić information content (AvgIpc) is 2.16. The SMILES string of the molecule is CCCc1nc(C)cc(C(F)(F)F)c1C=O. The van der Waals surface area contributed by atoms with Crippen molar-refractivity contribution >= 4 is 6.29 Å². The normalized spacial score (nSPS) is 11.6. The first-order valence-electron chi connectivity index (χ1n) is 4.93. The van der Waals surface area contributed by atoms with Gasteiger partial charge in [0.05, 0.1) is 11.3 Å². The first kappa shape index (κ1) is 12.7. The lowest BCUT2D eigenvalue weighted by Gasteiger charge is -2.13. The number of carbonyl (C=O) groups is 1. The Morgan fingerprint density at radius 2 is 2.06 bits per heavy atom. The number of halogens is 3.